The molecule has 1 saturated heterocycles. The number of aromatic hydroxyl groups is 1. The summed E-state index contributed by atoms with van der Waals surface area (Å²) in [4.78, 5) is 81.8. The van der Waals surface area contributed by atoms with Gasteiger partial charge >= 0.3 is 22.3 Å². The molecule has 0 radical (unpaired) electrons. The van der Waals surface area contributed by atoms with Gasteiger partial charge < -0.3 is 47.3 Å². The standard InChI is InChI=1S/C22H27N9O13S2/c1-22(2,19(37)38)44-29-15(10-8-45-20(23)27-10)17(35)28-16-11(31(18(16)36)46(41,42)43)5-24-14(34)6-26-21(39)25-4-9-3-12(32)13(33)7-30(9)40/h3,7-8,11,16,33,40H,4-6H2,1-2H3,(H2,23,27)(H,24,34)(H,28,35)(H,37,38)(H2,25,26,39)(H,41,42,43)/b29-15-/t11-,16+/m1/s1. The first-order valence-corrected chi connectivity index (χ1v) is 14.8. The Morgan fingerprint density at radius 2 is 1.87 bits per heavy atom. The highest BCUT2D eigenvalue weighted by Gasteiger charge is 2.54. The summed E-state index contributed by atoms with van der Waals surface area (Å²) in [5, 5.41) is 41.8. The number of carboxylic acid groups (broad SMARTS) is 1. The predicted molar refractivity (Wildman–Crippen MR) is 153 cm³/mol. The first-order chi connectivity index (χ1) is 21.3. The van der Waals surface area contributed by atoms with E-state index in [1.807, 2.05) is 0 Å². The summed E-state index contributed by atoms with van der Waals surface area (Å²) >= 11 is 0.885. The SMILES string of the molecule is CC(C)(O/N=C(\C(=O)N[C@@H]1C(=O)N(S(=O)(=O)O)[C@@H]1CNC(=O)CNC(=O)NCc1cc(=O)c(O)cn1O)c1csc(N)n1)C(=O)O. The zero-order valence-corrected chi connectivity index (χ0v) is 25.3. The highest BCUT2D eigenvalue weighted by Crippen LogP contribution is 2.24. The number of β-lactam (4-membered cyclic amide) rings is 1. The molecule has 2 aromatic rings. The van der Waals surface area contributed by atoms with Gasteiger partial charge in [0.05, 0.1) is 31.0 Å². The second kappa shape index (κ2) is 13.7. The van der Waals surface area contributed by atoms with Crippen LogP contribution in [0.2, 0.25) is 0 Å². The molecule has 0 spiro atoms. The normalized spacial score (nSPS) is 16.6. The summed E-state index contributed by atoms with van der Waals surface area (Å²) in [6.45, 7) is 0.496. The van der Waals surface area contributed by atoms with Crippen molar-refractivity contribution in [1.29, 1.82) is 0 Å². The molecule has 5 amide bonds. The van der Waals surface area contributed by atoms with Gasteiger partial charge in [0, 0.05) is 18.0 Å². The molecule has 0 aliphatic carbocycles. The quantitative estimate of drug-likeness (QED) is 0.0324. The molecule has 3 rings (SSSR count). The third-order valence-electron chi connectivity index (χ3n) is 6.00. The molecule has 24 heteroatoms. The third kappa shape index (κ3) is 8.36. The fraction of sp³-hybridized carbons (Fsp3) is 0.364. The first-order valence-electron chi connectivity index (χ1n) is 12.6. The molecule has 0 aromatic carbocycles. The summed E-state index contributed by atoms with van der Waals surface area (Å²) < 4.78 is 33.5. The number of oxime groups is 1. The van der Waals surface area contributed by atoms with E-state index in [-0.39, 0.29) is 20.8 Å². The lowest BCUT2D eigenvalue weighted by Crippen LogP contribution is -2.74. The summed E-state index contributed by atoms with van der Waals surface area (Å²) in [5.74, 6) is -5.57. The Hall–Kier alpha value is -5.49. The summed E-state index contributed by atoms with van der Waals surface area (Å²) in [6.07, 6.45) is 0.706. The molecule has 1 aliphatic rings. The van der Waals surface area contributed by atoms with Crippen LogP contribution in [0, 0.1) is 0 Å². The van der Waals surface area contributed by atoms with E-state index in [4.69, 9.17) is 10.6 Å². The Kier molecular flexibility index (Phi) is 10.4. The lowest BCUT2D eigenvalue weighted by molar-refractivity contribution is -0.161. The second-order valence-electron chi connectivity index (χ2n) is 9.75. The van der Waals surface area contributed by atoms with Gasteiger partial charge in [-0.1, -0.05) is 5.16 Å². The summed E-state index contributed by atoms with van der Waals surface area (Å²) in [7, 11) is -5.16. The van der Waals surface area contributed by atoms with E-state index in [0.717, 1.165) is 31.3 Å². The van der Waals surface area contributed by atoms with Crippen LogP contribution in [0.25, 0.3) is 0 Å². The van der Waals surface area contributed by atoms with E-state index in [2.05, 4.69) is 31.4 Å². The molecule has 46 heavy (non-hydrogen) atoms. The number of carbonyl (C=O) groups excluding carboxylic acids is 4. The molecule has 1 fully saturated rings. The fourth-order valence-electron chi connectivity index (χ4n) is 3.53. The Labute approximate surface area is 261 Å². The van der Waals surface area contributed by atoms with E-state index >= 15 is 0 Å². The maximum absolute atomic E-state index is 13.1. The molecule has 1 aliphatic heterocycles. The monoisotopic (exact) mass is 689 g/mol. The minimum Gasteiger partial charge on any atom is -0.503 e. The van der Waals surface area contributed by atoms with Crippen molar-refractivity contribution in [3.05, 3.63) is 39.3 Å². The number of carbonyl (C=O) groups is 5. The largest absolute Gasteiger partial charge is 0.503 e. The van der Waals surface area contributed by atoms with Gasteiger partial charge in [-0.3, -0.25) is 23.7 Å². The van der Waals surface area contributed by atoms with Crippen molar-refractivity contribution in [1.82, 2.24) is 35.3 Å². The van der Waals surface area contributed by atoms with Crippen LogP contribution in [0.5, 0.6) is 5.75 Å². The number of aliphatic carboxylic acids is 1. The van der Waals surface area contributed by atoms with Gasteiger partial charge in [-0.15, -0.1) is 11.3 Å². The zero-order valence-electron chi connectivity index (χ0n) is 23.7. The van der Waals surface area contributed by atoms with Crippen LogP contribution in [-0.2, 0) is 40.9 Å². The van der Waals surface area contributed by atoms with Gasteiger partial charge in [-0.2, -0.15) is 13.1 Å². The number of amides is 5. The van der Waals surface area contributed by atoms with E-state index in [0.29, 0.717) is 10.9 Å². The fourth-order valence-corrected chi connectivity index (χ4v) is 4.96. The number of hydrogen-bond acceptors (Lipinski definition) is 15. The maximum atomic E-state index is 13.1. The number of nitrogens with two attached hydrogens (primary N) is 1. The minimum atomic E-state index is -5.16. The van der Waals surface area contributed by atoms with E-state index in [1.54, 1.807) is 0 Å². The van der Waals surface area contributed by atoms with Crippen molar-refractivity contribution < 1.29 is 57.2 Å². The van der Waals surface area contributed by atoms with Gasteiger partial charge in [0.15, 0.2) is 16.6 Å². The molecule has 0 saturated carbocycles. The highest BCUT2D eigenvalue weighted by atomic mass is 32.2. The van der Waals surface area contributed by atoms with Gasteiger partial charge in [0.2, 0.25) is 16.9 Å². The van der Waals surface area contributed by atoms with Crippen LogP contribution in [0.1, 0.15) is 25.2 Å². The number of nitrogens with zero attached hydrogens (tertiary/aromatic N) is 4. The first kappa shape index (κ1) is 35.0. The summed E-state index contributed by atoms with van der Waals surface area (Å²) in [6, 6.07) is -3.33. The maximum Gasteiger partial charge on any atom is 0.362 e. The smallest absolute Gasteiger partial charge is 0.362 e. The third-order valence-corrected chi connectivity index (χ3v) is 7.62. The van der Waals surface area contributed by atoms with Crippen molar-refractivity contribution in [2.45, 2.75) is 38.1 Å². The van der Waals surface area contributed by atoms with Crippen LogP contribution < -0.4 is 32.4 Å². The molecule has 2 aromatic heterocycles. The zero-order chi connectivity index (χ0) is 34.6. The molecule has 22 nitrogen and oxygen atoms in total. The van der Waals surface area contributed by atoms with Gasteiger partial charge in [-0.05, 0) is 13.8 Å². The number of anilines is 1. The Balaban J connectivity index is 1.65. The summed E-state index contributed by atoms with van der Waals surface area (Å²) in [5.41, 5.74) is 1.94. The number of carboxylic acids is 1. The lowest BCUT2D eigenvalue weighted by atomic mass is 9.98. The number of thiazole rings is 1. The molecular weight excluding hydrogens is 662 g/mol. The lowest BCUT2D eigenvalue weighted by Gasteiger charge is -2.44. The predicted octanol–water partition coefficient (Wildman–Crippen LogP) is -3.47. The molecular formula is C22H27N9O13S2. The average molecular weight is 690 g/mol. The number of rotatable bonds is 13. The molecule has 2 atom stereocenters. The van der Waals surface area contributed by atoms with Crippen molar-refractivity contribution in [2.75, 3.05) is 18.8 Å². The Bertz CT molecular complexity index is 1750. The van der Waals surface area contributed by atoms with Crippen molar-refractivity contribution in [3.63, 3.8) is 0 Å². The van der Waals surface area contributed by atoms with Crippen LogP contribution in [-0.4, -0.2) is 109 Å². The second-order valence-corrected chi connectivity index (χ2v) is 11.9. The number of nitrogen functional groups attached to an aromatic ring is 1. The number of nitrogens with one attached hydrogen (secondary N) is 4. The van der Waals surface area contributed by atoms with Crippen LogP contribution in [0.4, 0.5) is 9.93 Å². The van der Waals surface area contributed by atoms with Crippen molar-refractivity contribution in [2.24, 2.45) is 5.16 Å². The van der Waals surface area contributed by atoms with E-state index < -0.39 is 94.2 Å². The van der Waals surface area contributed by atoms with Gasteiger partial charge in [0.1, 0.15) is 11.7 Å². The van der Waals surface area contributed by atoms with Crippen LogP contribution in [0.3, 0.4) is 0 Å². The van der Waals surface area contributed by atoms with E-state index in [9.17, 15) is 57.2 Å². The van der Waals surface area contributed by atoms with Crippen molar-refractivity contribution >= 4 is 62.2 Å². The van der Waals surface area contributed by atoms with Crippen LogP contribution >= 0.6 is 11.3 Å². The number of pyridine rings is 1. The molecule has 0 unspecified atom stereocenters. The molecule has 250 valence electrons. The minimum absolute atomic E-state index is 0.00782. The topological polar surface area (TPSA) is 334 Å². The Morgan fingerprint density at radius 1 is 1.20 bits per heavy atom. The number of aromatic nitrogens is 2. The van der Waals surface area contributed by atoms with Crippen LogP contribution in [0.15, 0.2) is 27.6 Å². The molecule has 10 N–H and O–H groups in total. The molecule has 0 bridgehead atoms. The average Bonchev–Trinajstić information content (AvgIpc) is 3.38. The van der Waals surface area contributed by atoms with Gasteiger partial charge in [0.25, 0.3) is 11.8 Å². The molecule has 3 heterocycles. The van der Waals surface area contributed by atoms with Crippen molar-refractivity contribution in [3.8, 4) is 5.75 Å². The Morgan fingerprint density at radius 3 is 2.46 bits per heavy atom. The van der Waals surface area contributed by atoms with Gasteiger partial charge in [-0.25, -0.2) is 18.9 Å². The number of hydrogen-bond donors (Lipinski definition) is 9. The highest BCUT2D eigenvalue weighted by molar-refractivity contribution is 7.84. The number of urea groups is 1. The van der Waals surface area contributed by atoms with E-state index in [1.165, 1.54) is 5.38 Å².